The van der Waals surface area contributed by atoms with Crippen LogP contribution in [0.5, 0.6) is 0 Å². The summed E-state index contributed by atoms with van der Waals surface area (Å²) in [7, 11) is 0. The van der Waals surface area contributed by atoms with Crippen molar-refractivity contribution < 1.29 is 0 Å². The molecule has 0 atom stereocenters. The molecule has 0 saturated heterocycles. The Balaban J connectivity index is 1.48. The molecule has 6 rings (SSSR count). The maximum atomic E-state index is 5.78. The average molecular weight is 458 g/mol. The van der Waals surface area contributed by atoms with Gasteiger partial charge in [0.05, 0.1) is 11.4 Å². The lowest BCUT2D eigenvalue weighted by Crippen LogP contribution is -1.99. The first-order valence-electron chi connectivity index (χ1n) is 11.0. The van der Waals surface area contributed by atoms with Crippen LogP contribution in [0.4, 0.5) is 0 Å². The van der Waals surface area contributed by atoms with Gasteiger partial charge in [-0.25, -0.2) is 29.9 Å². The number of H-pyrrole nitrogens is 1. The van der Waals surface area contributed by atoms with E-state index in [2.05, 4.69) is 25.1 Å². The summed E-state index contributed by atoms with van der Waals surface area (Å²) in [5, 5.41) is 7.17. The lowest BCUT2D eigenvalue weighted by molar-refractivity contribution is 1.06. The summed E-state index contributed by atoms with van der Waals surface area (Å²) in [6.45, 7) is 0.479. The van der Waals surface area contributed by atoms with Crippen molar-refractivity contribution in [2.45, 2.75) is 6.54 Å². The predicted molar refractivity (Wildman–Crippen MR) is 132 cm³/mol. The first-order valence-corrected chi connectivity index (χ1v) is 11.0. The van der Waals surface area contributed by atoms with E-state index < -0.39 is 0 Å². The third kappa shape index (κ3) is 4.00. The van der Waals surface area contributed by atoms with Gasteiger partial charge in [-0.05, 0) is 23.8 Å². The summed E-state index contributed by atoms with van der Waals surface area (Å²) in [4.78, 5) is 27.5. The number of aromatic nitrogens is 8. The van der Waals surface area contributed by atoms with Crippen LogP contribution in [0.3, 0.4) is 0 Å². The molecular weight excluding hydrogens is 438 g/mol. The van der Waals surface area contributed by atoms with Crippen LogP contribution in [0.1, 0.15) is 5.56 Å². The van der Waals surface area contributed by atoms with E-state index in [0.717, 1.165) is 28.1 Å². The highest BCUT2D eigenvalue weighted by Gasteiger charge is 2.16. The molecule has 6 aromatic rings. The molecule has 35 heavy (non-hydrogen) atoms. The van der Waals surface area contributed by atoms with Crippen LogP contribution in [0.15, 0.2) is 85.2 Å². The molecule has 0 amide bonds. The van der Waals surface area contributed by atoms with E-state index >= 15 is 0 Å². The van der Waals surface area contributed by atoms with Gasteiger partial charge in [0.1, 0.15) is 11.2 Å². The van der Waals surface area contributed by atoms with Gasteiger partial charge in [0.15, 0.2) is 23.1 Å². The van der Waals surface area contributed by atoms with Gasteiger partial charge in [0.25, 0.3) is 0 Å². The van der Waals surface area contributed by atoms with Crippen molar-refractivity contribution >= 4 is 11.2 Å². The SMILES string of the molecule is NCc1ccc(-c2nc3nc(-c4n[nH]c(-c5ncccn5)n4)ccc3nc2-c2ccccc2)cc1. The monoisotopic (exact) mass is 457 g/mol. The molecule has 9 nitrogen and oxygen atoms in total. The molecule has 9 heteroatoms. The van der Waals surface area contributed by atoms with Gasteiger partial charge in [0.2, 0.25) is 0 Å². The molecule has 4 heterocycles. The fourth-order valence-corrected chi connectivity index (χ4v) is 3.76. The molecule has 0 aliphatic heterocycles. The summed E-state index contributed by atoms with van der Waals surface area (Å²) in [6.07, 6.45) is 3.31. The van der Waals surface area contributed by atoms with Crippen LogP contribution in [-0.4, -0.2) is 40.1 Å². The molecule has 168 valence electrons. The van der Waals surface area contributed by atoms with Gasteiger partial charge in [-0.3, -0.25) is 5.10 Å². The van der Waals surface area contributed by atoms with E-state index in [0.29, 0.717) is 40.9 Å². The minimum absolute atomic E-state index is 0.428. The van der Waals surface area contributed by atoms with Crippen molar-refractivity contribution in [3.8, 4) is 45.7 Å². The molecule has 0 unspecified atom stereocenters. The Morgan fingerprint density at radius 3 is 2.17 bits per heavy atom. The molecule has 0 fully saturated rings. The molecule has 0 spiro atoms. The Labute approximate surface area is 200 Å². The van der Waals surface area contributed by atoms with Crippen LogP contribution < -0.4 is 5.73 Å². The molecule has 0 aliphatic carbocycles. The Morgan fingerprint density at radius 1 is 0.657 bits per heavy atom. The maximum absolute atomic E-state index is 5.78. The number of aromatic amines is 1. The van der Waals surface area contributed by atoms with Crippen molar-refractivity contribution in [1.29, 1.82) is 0 Å². The zero-order valence-corrected chi connectivity index (χ0v) is 18.5. The second-order valence-electron chi connectivity index (χ2n) is 7.81. The highest BCUT2D eigenvalue weighted by Crippen LogP contribution is 2.31. The number of benzene rings is 2. The molecule has 3 N–H and O–H groups in total. The molecule has 0 saturated carbocycles. The molecule has 2 aromatic carbocycles. The summed E-state index contributed by atoms with van der Waals surface area (Å²) < 4.78 is 0. The fraction of sp³-hybridized carbons (Fsp3) is 0.0385. The highest BCUT2D eigenvalue weighted by molar-refractivity contribution is 5.85. The molecular formula is C26H19N9. The third-order valence-corrected chi connectivity index (χ3v) is 5.53. The number of nitrogens with two attached hydrogens (primary N) is 1. The minimum Gasteiger partial charge on any atom is -0.326 e. The first-order chi connectivity index (χ1) is 17.3. The Morgan fingerprint density at radius 2 is 1.40 bits per heavy atom. The predicted octanol–water partition coefficient (Wildman–Crippen LogP) is 4.06. The van der Waals surface area contributed by atoms with Crippen molar-refractivity contribution in [1.82, 2.24) is 40.1 Å². The zero-order chi connectivity index (χ0) is 23.6. The normalized spacial score (nSPS) is 11.1. The number of nitrogens with one attached hydrogen (secondary N) is 1. The Kier molecular flexibility index (Phi) is 5.21. The van der Waals surface area contributed by atoms with E-state index in [4.69, 9.17) is 20.7 Å². The van der Waals surface area contributed by atoms with Crippen molar-refractivity contribution in [2.75, 3.05) is 0 Å². The quantitative estimate of drug-likeness (QED) is 0.396. The van der Waals surface area contributed by atoms with E-state index in [1.165, 1.54) is 0 Å². The van der Waals surface area contributed by atoms with Gasteiger partial charge < -0.3 is 5.73 Å². The number of nitrogens with zero attached hydrogens (tertiary/aromatic N) is 7. The number of pyridine rings is 1. The number of fused-ring (bicyclic) bond motifs is 1. The van der Waals surface area contributed by atoms with Crippen LogP contribution in [-0.2, 0) is 6.54 Å². The second-order valence-corrected chi connectivity index (χ2v) is 7.81. The van der Waals surface area contributed by atoms with Gasteiger partial charge in [-0.2, -0.15) is 5.10 Å². The lowest BCUT2D eigenvalue weighted by atomic mass is 10.0. The average Bonchev–Trinajstić information content (AvgIpc) is 3.44. The van der Waals surface area contributed by atoms with Gasteiger partial charge in [-0.15, -0.1) is 0 Å². The van der Waals surface area contributed by atoms with E-state index in [1.54, 1.807) is 18.5 Å². The number of hydrogen-bond donors (Lipinski definition) is 2. The summed E-state index contributed by atoms with van der Waals surface area (Å²) in [5.41, 5.74) is 12.0. The van der Waals surface area contributed by atoms with E-state index in [9.17, 15) is 0 Å². The summed E-state index contributed by atoms with van der Waals surface area (Å²) >= 11 is 0. The van der Waals surface area contributed by atoms with Crippen molar-refractivity contribution in [2.24, 2.45) is 5.73 Å². The maximum Gasteiger partial charge on any atom is 0.200 e. The molecule has 0 bridgehead atoms. The number of hydrogen-bond acceptors (Lipinski definition) is 8. The molecule has 0 aliphatic rings. The molecule has 4 aromatic heterocycles. The number of rotatable bonds is 5. The minimum atomic E-state index is 0.428. The van der Waals surface area contributed by atoms with Crippen LogP contribution >= 0.6 is 0 Å². The van der Waals surface area contributed by atoms with Crippen LogP contribution in [0.2, 0.25) is 0 Å². The van der Waals surface area contributed by atoms with Gasteiger partial charge in [0, 0.05) is 30.1 Å². The highest BCUT2D eigenvalue weighted by atomic mass is 15.2. The fourth-order valence-electron chi connectivity index (χ4n) is 3.76. The third-order valence-electron chi connectivity index (χ3n) is 5.53. The van der Waals surface area contributed by atoms with E-state index in [1.807, 2.05) is 66.7 Å². The zero-order valence-electron chi connectivity index (χ0n) is 18.5. The van der Waals surface area contributed by atoms with Crippen molar-refractivity contribution in [3.05, 3.63) is 90.8 Å². The topological polar surface area (TPSA) is 132 Å². The summed E-state index contributed by atoms with van der Waals surface area (Å²) in [5.74, 6) is 1.35. The smallest absolute Gasteiger partial charge is 0.200 e. The van der Waals surface area contributed by atoms with Crippen molar-refractivity contribution in [3.63, 3.8) is 0 Å². The standard InChI is InChI=1S/C26H19N9/c27-15-16-7-9-18(10-8-16)22-21(17-5-2-1-3-6-17)30-19-11-12-20(31-23(19)32-22)24-33-26(35-34-24)25-28-13-4-14-29-25/h1-14H,15,27H2,(H,33,34,35). The largest absolute Gasteiger partial charge is 0.326 e. The Hall–Kier alpha value is -4.89. The summed E-state index contributed by atoms with van der Waals surface area (Å²) in [6, 6.07) is 23.5. The van der Waals surface area contributed by atoms with Gasteiger partial charge >= 0.3 is 0 Å². The Bertz CT molecular complexity index is 1610. The van der Waals surface area contributed by atoms with Crippen LogP contribution in [0, 0.1) is 0 Å². The van der Waals surface area contributed by atoms with Crippen LogP contribution in [0.25, 0.3) is 56.8 Å². The van der Waals surface area contributed by atoms with E-state index in [-0.39, 0.29) is 0 Å². The lowest BCUT2D eigenvalue weighted by Gasteiger charge is -2.11. The second kappa shape index (κ2) is 8.81. The van der Waals surface area contributed by atoms with Gasteiger partial charge in [-0.1, -0.05) is 54.6 Å². The molecule has 0 radical (unpaired) electrons. The first kappa shape index (κ1) is 20.7.